The van der Waals surface area contributed by atoms with Crippen LogP contribution in [-0.4, -0.2) is 52.4 Å². The van der Waals surface area contributed by atoms with Crippen LogP contribution in [0, 0.1) is 29.1 Å². The van der Waals surface area contributed by atoms with E-state index in [1.165, 1.54) is 9.80 Å². The summed E-state index contributed by atoms with van der Waals surface area (Å²) in [6.45, 7) is 7.54. The minimum atomic E-state index is -1.08. The number of aliphatic hydroxyl groups is 1. The van der Waals surface area contributed by atoms with Gasteiger partial charge in [0.1, 0.15) is 12.4 Å². The Labute approximate surface area is 240 Å². The average molecular weight is 557 g/mol. The van der Waals surface area contributed by atoms with Gasteiger partial charge in [-0.2, -0.15) is 0 Å². The molecule has 1 saturated carbocycles. The second-order valence-electron chi connectivity index (χ2n) is 12.8. The van der Waals surface area contributed by atoms with Crippen LogP contribution in [0.2, 0.25) is 0 Å². The number of allylic oxidation sites excluding steroid dienone is 2. The minimum absolute atomic E-state index is 0.106. The number of benzene rings is 2. The largest absolute Gasteiger partial charge is 0.491 e. The van der Waals surface area contributed by atoms with Gasteiger partial charge in [0, 0.05) is 11.5 Å². The molecule has 2 aliphatic carbocycles. The Hall–Kier alpha value is -3.78. The third-order valence-electron chi connectivity index (χ3n) is 9.53. The number of carbonyl (C=O) groups is 4. The number of anilines is 1. The van der Waals surface area contributed by atoms with Gasteiger partial charge >= 0.3 is 0 Å². The Bertz CT molecular complexity index is 1440. The SMILES string of the molecule is CC(C)(C)N1C(=O)[C@H]2[C@H](CC=C3[C@H]2C[C@H]2C(=O)N(c4ccccc4)C(=O)[C@@]2(C)[C@H]3c2ccc(OCCO)cc2)C1=O. The Balaban J connectivity index is 1.48. The number of nitrogens with zero attached hydrogens (tertiary/aromatic N) is 2. The molecule has 0 aromatic heterocycles. The quantitative estimate of drug-likeness (QED) is 0.440. The van der Waals surface area contributed by atoms with Gasteiger partial charge in [-0.1, -0.05) is 42.0 Å². The van der Waals surface area contributed by atoms with Crippen molar-refractivity contribution < 1.29 is 29.0 Å². The zero-order chi connectivity index (χ0) is 29.3. The fourth-order valence-corrected chi connectivity index (χ4v) is 7.80. The number of amides is 4. The van der Waals surface area contributed by atoms with Crippen LogP contribution in [0.4, 0.5) is 5.69 Å². The second-order valence-corrected chi connectivity index (χ2v) is 12.8. The van der Waals surface area contributed by atoms with Crippen LogP contribution in [0.5, 0.6) is 5.75 Å². The number of fused-ring (bicyclic) bond motifs is 4. The Morgan fingerprint density at radius 3 is 2.24 bits per heavy atom. The van der Waals surface area contributed by atoms with Crippen molar-refractivity contribution in [3.8, 4) is 5.75 Å². The summed E-state index contributed by atoms with van der Waals surface area (Å²) in [5.41, 5.74) is 0.614. The number of carbonyl (C=O) groups excluding carboxylic acids is 4. The molecule has 41 heavy (non-hydrogen) atoms. The third-order valence-corrected chi connectivity index (χ3v) is 9.53. The predicted molar refractivity (Wildman–Crippen MR) is 152 cm³/mol. The molecule has 8 heteroatoms. The average Bonchev–Trinajstić information content (AvgIpc) is 3.32. The first-order chi connectivity index (χ1) is 19.5. The second kappa shape index (κ2) is 9.65. The zero-order valence-electron chi connectivity index (χ0n) is 23.9. The van der Waals surface area contributed by atoms with Gasteiger partial charge in [-0.05, 0) is 76.3 Å². The molecule has 214 valence electrons. The van der Waals surface area contributed by atoms with Crippen LogP contribution in [0.25, 0.3) is 0 Å². The first kappa shape index (κ1) is 27.4. The number of likely N-dealkylation sites (tertiary alicyclic amines) is 1. The molecule has 0 radical (unpaired) electrons. The highest BCUT2D eigenvalue weighted by Crippen LogP contribution is 2.63. The minimum Gasteiger partial charge on any atom is -0.491 e. The number of hydrogen-bond donors (Lipinski definition) is 1. The van der Waals surface area contributed by atoms with E-state index in [-0.39, 0.29) is 42.8 Å². The molecule has 8 nitrogen and oxygen atoms in total. The maximum Gasteiger partial charge on any atom is 0.241 e. The lowest BCUT2D eigenvalue weighted by Gasteiger charge is -2.49. The van der Waals surface area contributed by atoms with Crippen molar-refractivity contribution in [2.24, 2.45) is 29.1 Å². The van der Waals surface area contributed by atoms with E-state index in [1.807, 2.05) is 45.9 Å². The van der Waals surface area contributed by atoms with E-state index in [4.69, 9.17) is 9.84 Å². The maximum atomic E-state index is 14.4. The lowest BCUT2D eigenvalue weighted by atomic mass is 9.51. The summed E-state index contributed by atoms with van der Waals surface area (Å²) >= 11 is 0. The summed E-state index contributed by atoms with van der Waals surface area (Å²) in [6.07, 6.45) is 2.82. The van der Waals surface area contributed by atoms with Gasteiger partial charge < -0.3 is 9.84 Å². The molecule has 2 aliphatic heterocycles. The van der Waals surface area contributed by atoms with Crippen LogP contribution < -0.4 is 9.64 Å². The zero-order valence-corrected chi connectivity index (χ0v) is 23.9. The molecular formula is C33H36N2O6. The smallest absolute Gasteiger partial charge is 0.241 e. The highest BCUT2D eigenvalue weighted by molar-refractivity contribution is 6.24. The van der Waals surface area contributed by atoms with E-state index >= 15 is 0 Å². The van der Waals surface area contributed by atoms with Gasteiger partial charge in [-0.15, -0.1) is 0 Å². The Kier molecular flexibility index (Phi) is 6.45. The number of ether oxygens (including phenoxy) is 1. The van der Waals surface area contributed by atoms with Crippen molar-refractivity contribution in [3.05, 3.63) is 71.8 Å². The molecule has 6 atom stereocenters. The van der Waals surface area contributed by atoms with Gasteiger partial charge in [0.25, 0.3) is 0 Å². The lowest BCUT2D eigenvalue weighted by molar-refractivity contribution is -0.145. The van der Waals surface area contributed by atoms with Crippen molar-refractivity contribution in [2.45, 2.75) is 52.0 Å². The van der Waals surface area contributed by atoms with Crippen LogP contribution in [0.15, 0.2) is 66.2 Å². The van der Waals surface area contributed by atoms with E-state index in [0.717, 1.165) is 11.1 Å². The van der Waals surface area contributed by atoms with Crippen molar-refractivity contribution in [3.63, 3.8) is 0 Å². The molecular weight excluding hydrogens is 520 g/mol. The Morgan fingerprint density at radius 1 is 0.927 bits per heavy atom. The maximum absolute atomic E-state index is 14.4. The van der Waals surface area contributed by atoms with Gasteiger partial charge in [-0.25, -0.2) is 4.90 Å². The first-order valence-electron chi connectivity index (χ1n) is 14.3. The number of imide groups is 2. The van der Waals surface area contributed by atoms with Gasteiger partial charge in [0.05, 0.1) is 35.5 Å². The van der Waals surface area contributed by atoms with Crippen molar-refractivity contribution in [1.29, 1.82) is 0 Å². The summed E-state index contributed by atoms with van der Waals surface area (Å²) in [4.78, 5) is 58.6. The fraction of sp³-hybridized carbons (Fsp3) is 0.455. The van der Waals surface area contributed by atoms with Gasteiger partial charge in [-0.3, -0.25) is 24.1 Å². The summed E-state index contributed by atoms with van der Waals surface area (Å²) in [5.74, 6) is -2.74. The molecule has 2 aromatic carbocycles. The van der Waals surface area contributed by atoms with Gasteiger partial charge in [0.2, 0.25) is 23.6 Å². The van der Waals surface area contributed by atoms with E-state index in [0.29, 0.717) is 24.3 Å². The highest BCUT2D eigenvalue weighted by Gasteiger charge is 2.67. The van der Waals surface area contributed by atoms with Crippen LogP contribution >= 0.6 is 0 Å². The molecule has 2 saturated heterocycles. The molecule has 0 bridgehead atoms. The summed E-state index contributed by atoms with van der Waals surface area (Å²) in [7, 11) is 0. The summed E-state index contributed by atoms with van der Waals surface area (Å²) in [5, 5.41) is 9.15. The van der Waals surface area contributed by atoms with Crippen molar-refractivity contribution in [1.82, 2.24) is 4.90 Å². The van der Waals surface area contributed by atoms with Crippen LogP contribution in [0.3, 0.4) is 0 Å². The fourth-order valence-electron chi connectivity index (χ4n) is 7.80. The van der Waals surface area contributed by atoms with E-state index in [1.54, 1.807) is 36.4 Å². The molecule has 4 amide bonds. The topological polar surface area (TPSA) is 104 Å². The van der Waals surface area contributed by atoms with Crippen molar-refractivity contribution >= 4 is 29.3 Å². The number of hydrogen-bond acceptors (Lipinski definition) is 6. The molecule has 3 fully saturated rings. The number of para-hydroxylation sites is 1. The normalized spacial score (nSPS) is 31.1. The lowest BCUT2D eigenvalue weighted by Crippen LogP contribution is -2.49. The molecule has 4 aliphatic rings. The van der Waals surface area contributed by atoms with Crippen LogP contribution in [-0.2, 0) is 19.2 Å². The standard InChI is InChI=1S/C33H36N2O6/c1-32(2,3)35-28(37)23-15-14-22-24(26(23)30(35)39)18-25-29(38)34(20-8-6-5-7-9-20)31(40)33(25,4)27(22)19-10-12-21(13-11-19)41-17-16-36/h5-14,23-27,36H,15-18H2,1-4H3/t23-,24+,25-,26-,27-,33+/m0/s1. The third kappa shape index (κ3) is 3.98. The van der Waals surface area contributed by atoms with E-state index in [9.17, 15) is 19.2 Å². The van der Waals surface area contributed by atoms with Gasteiger partial charge in [0.15, 0.2) is 0 Å². The monoisotopic (exact) mass is 556 g/mol. The highest BCUT2D eigenvalue weighted by atomic mass is 16.5. The first-order valence-corrected chi connectivity index (χ1v) is 14.3. The van der Waals surface area contributed by atoms with Crippen LogP contribution in [0.1, 0.15) is 52.0 Å². The molecule has 0 unspecified atom stereocenters. The summed E-state index contributed by atoms with van der Waals surface area (Å²) < 4.78 is 5.57. The molecule has 2 aromatic rings. The van der Waals surface area contributed by atoms with Crippen molar-refractivity contribution in [2.75, 3.05) is 18.1 Å². The molecule has 1 N–H and O–H groups in total. The molecule has 2 heterocycles. The predicted octanol–water partition coefficient (Wildman–Crippen LogP) is 4.09. The molecule has 0 spiro atoms. The number of rotatable bonds is 5. The van der Waals surface area contributed by atoms with E-state index < -0.39 is 34.6 Å². The van der Waals surface area contributed by atoms with E-state index in [2.05, 4.69) is 6.08 Å². The number of aliphatic hydroxyl groups excluding tert-OH is 1. The summed E-state index contributed by atoms with van der Waals surface area (Å²) in [6, 6.07) is 16.4. The molecule has 6 rings (SSSR count). The Morgan fingerprint density at radius 2 is 1.61 bits per heavy atom.